The lowest BCUT2D eigenvalue weighted by molar-refractivity contribution is 0.620. The highest BCUT2D eigenvalue weighted by Gasteiger charge is 2.14. The van der Waals surface area contributed by atoms with Crippen LogP contribution in [-0.2, 0) is 6.42 Å². The van der Waals surface area contributed by atoms with Gasteiger partial charge in [-0.25, -0.2) is 4.98 Å². The number of anilines is 1. The van der Waals surface area contributed by atoms with E-state index in [2.05, 4.69) is 49.8 Å². The molecule has 2 aromatic carbocycles. The van der Waals surface area contributed by atoms with Gasteiger partial charge in [0.05, 0.1) is 11.3 Å². The van der Waals surface area contributed by atoms with Crippen molar-refractivity contribution in [3.63, 3.8) is 0 Å². The predicted octanol–water partition coefficient (Wildman–Crippen LogP) is 5.16. The van der Waals surface area contributed by atoms with Gasteiger partial charge in [0.15, 0.2) is 5.58 Å². The van der Waals surface area contributed by atoms with Gasteiger partial charge in [0.25, 0.3) is 0 Å². The van der Waals surface area contributed by atoms with Crippen LogP contribution in [0.2, 0.25) is 0 Å². The van der Waals surface area contributed by atoms with Crippen molar-refractivity contribution in [2.45, 2.75) is 13.3 Å². The van der Waals surface area contributed by atoms with Gasteiger partial charge in [-0.15, -0.1) is 0 Å². The summed E-state index contributed by atoms with van der Waals surface area (Å²) >= 11 is 6.89. The topological polar surface area (TPSA) is 52.0 Å². The maximum absolute atomic E-state index is 6.09. The Kier molecular flexibility index (Phi) is 3.56. The van der Waals surface area contributed by atoms with E-state index in [9.17, 15) is 0 Å². The van der Waals surface area contributed by atoms with Crippen molar-refractivity contribution in [1.82, 2.24) is 4.98 Å². The smallest absolute Gasteiger partial charge is 0.229 e. The second-order valence-corrected chi connectivity index (χ2v) is 6.29. The maximum Gasteiger partial charge on any atom is 0.229 e. The number of nitrogen functional groups attached to an aromatic ring is 1. The van der Waals surface area contributed by atoms with Crippen molar-refractivity contribution in [2.24, 2.45) is 0 Å². The number of halogens is 2. The van der Waals surface area contributed by atoms with Crippen LogP contribution in [0.3, 0.4) is 0 Å². The van der Waals surface area contributed by atoms with Crippen molar-refractivity contribution in [3.05, 3.63) is 44.8 Å². The molecule has 20 heavy (non-hydrogen) atoms. The highest BCUT2D eigenvalue weighted by molar-refractivity contribution is 9.11. The van der Waals surface area contributed by atoms with Crippen LogP contribution < -0.4 is 5.73 Å². The lowest BCUT2D eigenvalue weighted by atomic mass is 10.1. The first-order valence-electron chi connectivity index (χ1n) is 6.23. The molecule has 3 aromatic rings. The average molecular weight is 396 g/mol. The fraction of sp³-hybridized carbons (Fsp3) is 0.133. The zero-order valence-electron chi connectivity index (χ0n) is 10.8. The van der Waals surface area contributed by atoms with Crippen LogP contribution in [0.25, 0.3) is 22.6 Å². The van der Waals surface area contributed by atoms with Crippen molar-refractivity contribution >= 4 is 48.6 Å². The molecule has 0 unspecified atom stereocenters. The van der Waals surface area contributed by atoms with Gasteiger partial charge in [-0.1, -0.05) is 28.9 Å². The molecule has 0 saturated heterocycles. The predicted molar refractivity (Wildman–Crippen MR) is 88.6 cm³/mol. The normalized spacial score (nSPS) is 11.2. The van der Waals surface area contributed by atoms with Crippen LogP contribution in [0.1, 0.15) is 12.5 Å². The summed E-state index contributed by atoms with van der Waals surface area (Å²) in [7, 11) is 0. The Labute approximate surface area is 133 Å². The minimum Gasteiger partial charge on any atom is -0.436 e. The van der Waals surface area contributed by atoms with Gasteiger partial charge in [0.2, 0.25) is 5.89 Å². The van der Waals surface area contributed by atoms with Crippen molar-refractivity contribution in [3.8, 4) is 11.5 Å². The van der Waals surface area contributed by atoms with E-state index in [-0.39, 0.29) is 0 Å². The van der Waals surface area contributed by atoms with Gasteiger partial charge in [-0.2, -0.15) is 0 Å². The number of fused-ring (bicyclic) bond motifs is 1. The molecule has 0 spiro atoms. The number of nitrogens with zero attached hydrogens (tertiary/aromatic N) is 1. The first kappa shape index (κ1) is 13.6. The van der Waals surface area contributed by atoms with Gasteiger partial charge < -0.3 is 10.2 Å². The molecule has 0 radical (unpaired) electrons. The molecule has 3 rings (SSSR count). The fourth-order valence-corrected chi connectivity index (χ4v) is 3.30. The summed E-state index contributed by atoms with van der Waals surface area (Å²) in [5.74, 6) is 0.535. The minimum atomic E-state index is 0.535. The maximum atomic E-state index is 6.09. The molecule has 102 valence electrons. The summed E-state index contributed by atoms with van der Waals surface area (Å²) in [6.07, 6.45) is 0.975. The Morgan fingerprint density at radius 1 is 1.20 bits per heavy atom. The van der Waals surface area contributed by atoms with E-state index in [1.807, 2.05) is 24.3 Å². The Bertz CT molecular complexity index is 796. The first-order valence-corrected chi connectivity index (χ1v) is 7.81. The summed E-state index contributed by atoms with van der Waals surface area (Å²) in [5, 5.41) is 0. The molecule has 0 amide bonds. The molecule has 2 N–H and O–H groups in total. The number of oxazole rings is 1. The highest BCUT2D eigenvalue weighted by Crippen LogP contribution is 2.36. The van der Waals surface area contributed by atoms with Gasteiger partial charge in [-0.05, 0) is 52.2 Å². The van der Waals surface area contributed by atoms with E-state index in [4.69, 9.17) is 10.2 Å². The van der Waals surface area contributed by atoms with E-state index >= 15 is 0 Å². The molecule has 1 heterocycles. The number of aromatic nitrogens is 1. The molecule has 5 heteroatoms. The number of hydrogen-bond donors (Lipinski definition) is 1. The molecule has 3 nitrogen and oxygen atoms in total. The number of benzene rings is 2. The Hall–Kier alpha value is -1.33. The Morgan fingerprint density at radius 3 is 2.75 bits per heavy atom. The summed E-state index contributed by atoms with van der Waals surface area (Å²) < 4.78 is 7.55. The van der Waals surface area contributed by atoms with E-state index in [1.54, 1.807) is 0 Å². The zero-order valence-corrected chi connectivity index (χ0v) is 14.0. The number of hydrogen-bond acceptors (Lipinski definition) is 3. The quantitative estimate of drug-likeness (QED) is 0.609. The molecule has 0 atom stereocenters. The molecule has 0 saturated carbocycles. The number of aryl methyl sites for hydroxylation is 1. The van der Waals surface area contributed by atoms with Gasteiger partial charge in [0.1, 0.15) is 5.52 Å². The SMILES string of the molecule is CCc1ccc2oc(-c3cc(Br)cc(Br)c3N)nc2c1. The minimum absolute atomic E-state index is 0.535. The number of nitrogens with two attached hydrogens (primary N) is 1. The second-order valence-electron chi connectivity index (χ2n) is 4.52. The third-order valence-corrected chi connectivity index (χ3v) is 4.30. The molecular weight excluding hydrogens is 384 g/mol. The monoisotopic (exact) mass is 394 g/mol. The van der Waals surface area contributed by atoms with E-state index in [0.717, 1.165) is 32.0 Å². The van der Waals surface area contributed by atoms with Crippen molar-refractivity contribution in [2.75, 3.05) is 5.73 Å². The summed E-state index contributed by atoms with van der Waals surface area (Å²) in [4.78, 5) is 4.55. The molecule has 0 aliphatic rings. The van der Waals surface area contributed by atoms with Crippen molar-refractivity contribution in [1.29, 1.82) is 0 Å². The molecule has 0 fully saturated rings. The molecule has 0 aliphatic carbocycles. The molecule has 0 bridgehead atoms. The summed E-state index contributed by atoms with van der Waals surface area (Å²) in [6, 6.07) is 9.86. The van der Waals surface area contributed by atoms with Gasteiger partial charge in [0, 0.05) is 8.95 Å². The fourth-order valence-electron chi connectivity index (χ4n) is 2.07. The van der Waals surface area contributed by atoms with Crippen LogP contribution in [0.15, 0.2) is 43.7 Å². The molecule has 1 aromatic heterocycles. The van der Waals surface area contributed by atoms with Gasteiger partial charge >= 0.3 is 0 Å². The largest absolute Gasteiger partial charge is 0.436 e. The van der Waals surface area contributed by atoms with Crippen LogP contribution in [0.4, 0.5) is 5.69 Å². The molecule has 0 aliphatic heterocycles. The van der Waals surface area contributed by atoms with E-state index in [0.29, 0.717) is 11.6 Å². The lowest BCUT2D eigenvalue weighted by Crippen LogP contribution is -1.92. The standard InChI is InChI=1S/C15H12Br2N2O/c1-2-8-3-4-13-12(5-8)19-15(20-13)10-6-9(16)7-11(17)14(10)18/h3-7H,2,18H2,1H3. The van der Waals surface area contributed by atoms with Crippen LogP contribution in [0, 0.1) is 0 Å². The van der Waals surface area contributed by atoms with E-state index < -0.39 is 0 Å². The Balaban J connectivity index is 2.20. The highest BCUT2D eigenvalue weighted by atomic mass is 79.9. The van der Waals surface area contributed by atoms with Crippen LogP contribution in [0.5, 0.6) is 0 Å². The third-order valence-electron chi connectivity index (χ3n) is 3.18. The summed E-state index contributed by atoms with van der Waals surface area (Å²) in [5.41, 5.74) is 10.4. The lowest BCUT2D eigenvalue weighted by Gasteiger charge is -2.04. The van der Waals surface area contributed by atoms with Crippen molar-refractivity contribution < 1.29 is 4.42 Å². The second kappa shape index (κ2) is 5.22. The van der Waals surface area contributed by atoms with Gasteiger partial charge in [-0.3, -0.25) is 0 Å². The van der Waals surface area contributed by atoms with Crippen LogP contribution >= 0.6 is 31.9 Å². The average Bonchev–Trinajstić information content (AvgIpc) is 2.85. The summed E-state index contributed by atoms with van der Waals surface area (Å²) in [6.45, 7) is 2.12. The first-order chi connectivity index (χ1) is 9.58. The third kappa shape index (κ3) is 2.36. The van der Waals surface area contributed by atoms with Crippen LogP contribution in [-0.4, -0.2) is 4.98 Å². The number of rotatable bonds is 2. The molecular formula is C15H12Br2N2O. The Morgan fingerprint density at radius 2 is 2.00 bits per heavy atom. The van der Waals surface area contributed by atoms with E-state index in [1.165, 1.54) is 5.56 Å². The zero-order chi connectivity index (χ0) is 14.3.